The van der Waals surface area contributed by atoms with Crippen LogP contribution in [0.4, 0.5) is 4.39 Å². The van der Waals surface area contributed by atoms with E-state index >= 15 is 0 Å². The number of methoxy groups -OCH3 is 1. The molecular weight excluding hydrogens is 257 g/mol. The molecule has 0 fully saturated rings. The molecule has 20 heavy (non-hydrogen) atoms. The van der Waals surface area contributed by atoms with Crippen LogP contribution in [-0.2, 0) is 22.6 Å². The molecule has 3 nitrogen and oxygen atoms in total. The van der Waals surface area contributed by atoms with Crippen LogP contribution >= 0.6 is 0 Å². The maximum atomic E-state index is 13.7. The number of nitrogens with one attached hydrogen (secondary N) is 1. The van der Waals surface area contributed by atoms with Crippen LogP contribution < -0.4 is 5.32 Å². The largest absolute Gasteiger partial charge is 0.385 e. The molecule has 0 amide bonds. The Labute approximate surface area is 121 Å². The van der Waals surface area contributed by atoms with Crippen molar-refractivity contribution in [1.29, 1.82) is 0 Å². The number of halogens is 1. The number of rotatable bonds is 8. The summed E-state index contributed by atoms with van der Waals surface area (Å²) in [7, 11) is 1.66. The van der Waals surface area contributed by atoms with Gasteiger partial charge in [0.05, 0.1) is 6.61 Å². The molecule has 114 valence electrons. The third-order valence-corrected chi connectivity index (χ3v) is 2.83. The van der Waals surface area contributed by atoms with E-state index < -0.39 is 0 Å². The molecule has 0 bridgehead atoms. The summed E-state index contributed by atoms with van der Waals surface area (Å²) >= 11 is 0. The Balaban J connectivity index is 2.49. The Hall–Kier alpha value is -0.970. The third-order valence-electron chi connectivity index (χ3n) is 2.83. The van der Waals surface area contributed by atoms with E-state index in [4.69, 9.17) is 9.47 Å². The molecule has 0 aliphatic heterocycles. The van der Waals surface area contributed by atoms with Gasteiger partial charge in [-0.15, -0.1) is 0 Å². The van der Waals surface area contributed by atoms with Crippen molar-refractivity contribution in [2.24, 2.45) is 0 Å². The van der Waals surface area contributed by atoms with Gasteiger partial charge in [0.15, 0.2) is 0 Å². The van der Waals surface area contributed by atoms with Gasteiger partial charge in [-0.25, -0.2) is 4.39 Å². The van der Waals surface area contributed by atoms with Crippen molar-refractivity contribution in [3.63, 3.8) is 0 Å². The van der Waals surface area contributed by atoms with Crippen LogP contribution in [-0.4, -0.2) is 25.9 Å². The maximum Gasteiger partial charge on any atom is 0.128 e. The smallest absolute Gasteiger partial charge is 0.128 e. The molecule has 0 aliphatic carbocycles. The van der Waals surface area contributed by atoms with E-state index in [0.29, 0.717) is 25.4 Å². The molecule has 0 aliphatic rings. The molecular formula is C16H26FNO2. The second-order valence-corrected chi connectivity index (χ2v) is 5.93. The van der Waals surface area contributed by atoms with E-state index in [2.05, 4.69) is 26.1 Å². The minimum Gasteiger partial charge on any atom is -0.385 e. The Kier molecular flexibility index (Phi) is 7.13. The molecule has 0 heterocycles. The molecule has 1 aromatic carbocycles. The Bertz CT molecular complexity index is 402. The number of benzene rings is 1. The van der Waals surface area contributed by atoms with E-state index in [1.807, 2.05) is 12.1 Å². The predicted molar refractivity (Wildman–Crippen MR) is 79.1 cm³/mol. The van der Waals surface area contributed by atoms with Gasteiger partial charge < -0.3 is 14.8 Å². The van der Waals surface area contributed by atoms with Crippen molar-refractivity contribution in [3.05, 3.63) is 35.1 Å². The summed E-state index contributed by atoms with van der Waals surface area (Å²) in [6.07, 6.45) is 0.823. The average Bonchev–Trinajstić information content (AvgIpc) is 2.38. The fraction of sp³-hybridized carbons (Fsp3) is 0.625. The molecule has 0 spiro atoms. The van der Waals surface area contributed by atoms with Crippen LogP contribution in [0, 0.1) is 5.82 Å². The first-order valence-corrected chi connectivity index (χ1v) is 7.01. The van der Waals surface area contributed by atoms with Gasteiger partial charge in [0, 0.05) is 38.0 Å². The van der Waals surface area contributed by atoms with Gasteiger partial charge in [-0.2, -0.15) is 0 Å². The standard InChI is InChI=1S/C16H26FNO2/c1-16(2,3)18-11-13-6-7-15(17)14(10-13)12-20-9-5-8-19-4/h6-7,10,18H,5,8-9,11-12H2,1-4H3. The van der Waals surface area contributed by atoms with Crippen LogP contribution in [0.1, 0.15) is 38.3 Å². The SMILES string of the molecule is COCCCOCc1cc(CNC(C)(C)C)ccc1F. The molecule has 0 atom stereocenters. The summed E-state index contributed by atoms with van der Waals surface area (Å²) in [4.78, 5) is 0. The summed E-state index contributed by atoms with van der Waals surface area (Å²) in [5.41, 5.74) is 1.72. The van der Waals surface area contributed by atoms with Crippen LogP contribution in [0.3, 0.4) is 0 Å². The maximum absolute atomic E-state index is 13.7. The third kappa shape index (κ3) is 6.98. The molecule has 0 saturated heterocycles. The highest BCUT2D eigenvalue weighted by atomic mass is 19.1. The summed E-state index contributed by atoms with van der Waals surface area (Å²) in [5.74, 6) is -0.212. The lowest BCUT2D eigenvalue weighted by atomic mass is 10.1. The van der Waals surface area contributed by atoms with Gasteiger partial charge in [-0.05, 0) is 44.9 Å². The highest BCUT2D eigenvalue weighted by Crippen LogP contribution is 2.13. The van der Waals surface area contributed by atoms with Gasteiger partial charge in [-0.3, -0.25) is 0 Å². The van der Waals surface area contributed by atoms with Gasteiger partial charge >= 0.3 is 0 Å². The van der Waals surface area contributed by atoms with Crippen LogP contribution in [0.15, 0.2) is 18.2 Å². The van der Waals surface area contributed by atoms with Crippen LogP contribution in [0.25, 0.3) is 0 Å². The lowest BCUT2D eigenvalue weighted by Gasteiger charge is -2.20. The summed E-state index contributed by atoms with van der Waals surface area (Å²) in [6, 6.07) is 5.18. The van der Waals surface area contributed by atoms with Crippen molar-refractivity contribution >= 4 is 0 Å². The highest BCUT2D eigenvalue weighted by Gasteiger charge is 2.09. The number of ether oxygens (including phenoxy) is 2. The van der Waals surface area contributed by atoms with E-state index in [-0.39, 0.29) is 11.4 Å². The van der Waals surface area contributed by atoms with Crippen molar-refractivity contribution < 1.29 is 13.9 Å². The fourth-order valence-corrected chi connectivity index (χ4v) is 1.70. The first-order valence-electron chi connectivity index (χ1n) is 7.01. The number of hydrogen-bond acceptors (Lipinski definition) is 3. The molecule has 1 aromatic rings. The zero-order chi connectivity index (χ0) is 15.0. The van der Waals surface area contributed by atoms with Crippen molar-refractivity contribution in [1.82, 2.24) is 5.32 Å². The number of hydrogen-bond donors (Lipinski definition) is 1. The monoisotopic (exact) mass is 283 g/mol. The first kappa shape index (κ1) is 17.1. The second kappa shape index (κ2) is 8.35. The van der Waals surface area contributed by atoms with Crippen molar-refractivity contribution in [2.45, 2.75) is 45.9 Å². The van der Waals surface area contributed by atoms with E-state index in [0.717, 1.165) is 18.5 Å². The Morgan fingerprint density at radius 1 is 1.20 bits per heavy atom. The predicted octanol–water partition coefficient (Wildman–Crippen LogP) is 3.27. The van der Waals surface area contributed by atoms with E-state index in [9.17, 15) is 4.39 Å². The van der Waals surface area contributed by atoms with Gasteiger partial charge in [0.25, 0.3) is 0 Å². The normalized spacial score (nSPS) is 11.8. The summed E-state index contributed by atoms with van der Waals surface area (Å²) in [5, 5.41) is 3.39. The first-order chi connectivity index (χ1) is 9.42. The minimum absolute atomic E-state index is 0.0468. The zero-order valence-corrected chi connectivity index (χ0v) is 13.0. The quantitative estimate of drug-likeness (QED) is 0.743. The van der Waals surface area contributed by atoms with Crippen LogP contribution in [0.5, 0.6) is 0 Å². The van der Waals surface area contributed by atoms with E-state index in [1.54, 1.807) is 7.11 Å². The molecule has 0 unspecified atom stereocenters. The molecule has 4 heteroatoms. The summed E-state index contributed by atoms with van der Waals surface area (Å²) < 4.78 is 24.1. The van der Waals surface area contributed by atoms with Gasteiger partial charge in [-0.1, -0.05) is 6.07 Å². The van der Waals surface area contributed by atoms with Crippen molar-refractivity contribution in [2.75, 3.05) is 20.3 Å². The average molecular weight is 283 g/mol. The highest BCUT2D eigenvalue weighted by molar-refractivity contribution is 5.24. The van der Waals surface area contributed by atoms with E-state index in [1.165, 1.54) is 6.07 Å². The van der Waals surface area contributed by atoms with Crippen LogP contribution in [0.2, 0.25) is 0 Å². The van der Waals surface area contributed by atoms with Crippen molar-refractivity contribution in [3.8, 4) is 0 Å². The lowest BCUT2D eigenvalue weighted by molar-refractivity contribution is 0.0912. The van der Waals surface area contributed by atoms with Gasteiger partial charge in [0.1, 0.15) is 5.82 Å². The molecule has 0 aromatic heterocycles. The second-order valence-electron chi connectivity index (χ2n) is 5.93. The fourth-order valence-electron chi connectivity index (χ4n) is 1.70. The summed E-state index contributed by atoms with van der Waals surface area (Å²) in [6.45, 7) is 8.60. The topological polar surface area (TPSA) is 30.5 Å². The lowest BCUT2D eigenvalue weighted by Crippen LogP contribution is -2.35. The minimum atomic E-state index is -0.212. The Morgan fingerprint density at radius 2 is 1.95 bits per heavy atom. The zero-order valence-electron chi connectivity index (χ0n) is 13.0. The molecule has 1 N–H and O–H groups in total. The molecule has 1 rings (SSSR count). The molecule has 0 radical (unpaired) electrons. The molecule has 0 saturated carbocycles. The van der Waals surface area contributed by atoms with Gasteiger partial charge in [0.2, 0.25) is 0 Å². The Morgan fingerprint density at radius 3 is 2.60 bits per heavy atom.